The monoisotopic (exact) mass is 263 g/mol. The van der Waals surface area contributed by atoms with Crippen molar-refractivity contribution in [1.82, 2.24) is 0 Å². The molecule has 0 aliphatic heterocycles. The Morgan fingerprint density at radius 1 is 1.22 bits per heavy atom. The molecule has 3 nitrogen and oxygen atoms in total. The van der Waals surface area contributed by atoms with E-state index in [0.29, 0.717) is 23.8 Å². The molecule has 0 atom stereocenters. The summed E-state index contributed by atoms with van der Waals surface area (Å²) >= 11 is 0. The van der Waals surface area contributed by atoms with Gasteiger partial charge in [-0.05, 0) is 25.5 Å². The molecule has 0 aliphatic rings. The fourth-order valence-corrected chi connectivity index (χ4v) is 1.35. The molecule has 0 aromatic heterocycles. The molecule has 6 heteroatoms. The maximum atomic E-state index is 11.9. The Kier molecular flexibility index (Phi) is 5.12. The summed E-state index contributed by atoms with van der Waals surface area (Å²) in [5.41, 5.74) is 6.13. The van der Waals surface area contributed by atoms with Crippen molar-refractivity contribution in [3.63, 3.8) is 0 Å². The lowest BCUT2D eigenvalue weighted by Gasteiger charge is -2.11. The zero-order valence-electron chi connectivity index (χ0n) is 10.1. The second-order valence-electron chi connectivity index (χ2n) is 3.70. The van der Waals surface area contributed by atoms with Crippen molar-refractivity contribution in [3.8, 4) is 11.5 Å². The van der Waals surface area contributed by atoms with E-state index < -0.39 is 12.6 Å². The van der Waals surface area contributed by atoms with E-state index in [1.54, 1.807) is 18.2 Å². The van der Waals surface area contributed by atoms with Crippen LogP contribution in [0.5, 0.6) is 11.5 Å². The Morgan fingerprint density at radius 2 is 1.94 bits per heavy atom. The highest BCUT2D eigenvalue weighted by molar-refractivity contribution is 5.55. The Labute approximate surface area is 104 Å². The Balaban J connectivity index is 2.45. The number of hydrogen-bond acceptors (Lipinski definition) is 3. The fraction of sp³-hybridized carbons (Fsp3) is 0.500. The minimum atomic E-state index is -4.14. The molecule has 1 aromatic carbocycles. The third-order valence-electron chi connectivity index (χ3n) is 2.16. The second kappa shape index (κ2) is 6.37. The van der Waals surface area contributed by atoms with Crippen LogP contribution >= 0.6 is 0 Å². The lowest BCUT2D eigenvalue weighted by molar-refractivity contribution is -0.136. The third-order valence-corrected chi connectivity index (χ3v) is 2.16. The number of nitrogens with two attached hydrogens (primary N) is 1. The molecule has 0 fully saturated rings. The lowest BCUT2D eigenvalue weighted by Crippen LogP contribution is -2.09. The zero-order valence-corrected chi connectivity index (χ0v) is 10.1. The molecule has 0 saturated carbocycles. The lowest BCUT2D eigenvalue weighted by atomic mass is 10.3. The number of nitrogen functional groups attached to an aromatic ring is 1. The number of halogens is 3. The van der Waals surface area contributed by atoms with Gasteiger partial charge in [0, 0.05) is 12.5 Å². The first-order chi connectivity index (χ1) is 8.42. The van der Waals surface area contributed by atoms with Gasteiger partial charge in [-0.1, -0.05) is 0 Å². The van der Waals surface area contributed by atoms with Crippen LogP contribution in [-0.4, -0.2) is 19.4 Å². The van der Waals surface area contributed by atoms with Gasteiger partial charge in [0.15, 0.2) is 0 Å². The highest BCUT2D eigenvalue weighted by Crippen LogP contribution is 2.27. The molecule has 0 amide bonds. The molecule has 102 valence electrons. The maximum absolute atomic E-state index is 11.9. The van der Waals surface area contributed by atoms with Crippen LogP contribution in [0, 0.1) is 0 Å². The van der Waals surface area contributed by atoms with Gasteiger partial charge in [0.1, 0.15) is 11.5 Å². The summed E-state index contributed by atoms with van der Waals surface area (Å²) in [5, 5.41) is 0. The van der Waals surface area contributed by atoms with E-state index in [0.717, 1.165) is 0 Å². The van der Waals surface area contributed by atoms with Gasteiger partial charge in [-0.3, -0.25) is 0 Å². The van der Waals surface area contributed by atoms with Crippen molar-refractivity contribution in [2.75, 3.05) is 18.9 Å². The molecule has 0 aliphatic carbocycles. The number of alkyl halides is 3. The van der Waals surface area contributed by atoms with E-state index in [1.165, 1.54) is 0 Å². The van der Waals surface area contributed by atoms with E-state index in [9.17, 15) is 13.2 Å². The Morgan fingerprint density at radius 3 is 2.56 bits per heavy atom. The Hall–Kier alpha value is -1.59. The van der Waals surface area contributed by atoms with Crippen LogP contribution in [0.4, 0.5) is 18.9 Å². The number of benzene rings is 1. The largest absolute Gasteiger partial charge is 0.493 e. The standard InChI is InChI=1S/C12H16F3NO2/c1-2-17-11-8-9(4-5-10(11)16)18-7-3-6-12(13,14)15/h4-5,8H,2-3,6-7,16H2,1H3. The molecule has 2 N–H and O–H groups in total. The number of hydrogen-bond donors (Lipinski definition) is 1. The van der Waals surface area contributed by atoms with Gasteiger partial charge in [-0.15, -0.1) is 0 Å². The van der Waals surface area contributed by atoms with Gasteiger partial charge < -0.3 is 15.2 Å². The SMILES string of the molecule is CCOc1cc(OCCCC(F)(F)F)ccc1N. The first kappa shape index (κ1) is 14.5. The van der Waals surface area contributed by atoms with Crippen molar-refractivity contribution in [2.24, 2.45) is 0 Å². The summed E-state index contributed by atoms with van der Waals surface area (Å²) in [5.74, 6) is 0.931. The summed E-state index contributed by atoms with van der Waals surface area (Å²) in [6.07, 6.45) is -5.06. The van der Waals surface area contributed by atoms with Crippen molar-refractivity contribution in [3.05, 3.63) is 18.2 Å². The molecule has 0 bridgehead atoms. The van der Waals surface area contributed by atoms with E-state index in [-0.39, 0.29) is 13.0 Å². The summed E-state index contributed by atoms with van der Waals surface area (Å²) in [6, 6.07) is 4.78. The van der Waals surface area contributed by atoms with E-state index >= 15 is 0 Å². The van der Waals surface area contributed by atoms with Gasteiger partial charge >= 0.3 is 6.18 Å². The normalized spacial score (nSPS) is 11.3. The van der Waals surface area contributed by atoms with Crippen molar-refractivity contribution < 1.29 is 22.6 Å². The van der Waals surface area contributed by atoms with Gasteiger partial charge in [0.25, 0.3) is 0 Å². The van der Waals surface area contributed by atoms with Gasteiger partial charge in [0.2, 0.25) is 0 Å². The molecule has 1 rings (SSSR count). The predicted molar refractivity (Wildman–Crippen MR) is 62.8 cm³/mol. The van der Waals surface area contributed by atoms with E-state index in [2.05, 4.69) is 0 Å². The van der Waals surface area contributed by atoms with Crippen molar-refractivity contribution in [2.45, 2.75) is 25.9 Å². The zero-order chi connectivity index (χ0) is 13.6. The molecular formula is C12H16F3NO2. The van der Waals surface area contributed by atoms with Crippen LogP contribution < -0.4 is 15.2 Å². The average molecular weight is 263 g/mol. The van der Waals surface area contributed by atoms with Gasteiger partial charge in [-0.2, -0.15) is 13.2 Å². The first-order valence-electron chi connectivity index (χ1n) is 5.64. The Bertz CT molecular complexity index is 380. The van der Waals surface area contributed by atoms with Crippen LogP contribution in [0.1, 0.15) is 19.8 Å². The fourth-order valence-electron chi connectivity index (χ4n) is 1.35. The number of rotatable bonds is 6. The molecule has 0 saturated heterocycles. The van der Waals surface area contributed by atoms with Crippen molar-refractivity contribution in [1.29, 1.82) is 0 Å². The first-order valence-corrected chi connectivity index (χ1v) is 5.64. The molecule has 0 unspecified atom stereocenters. The summed E-state index contributed by atoms with van der Waals surface area (Å²) in [4.78, 5) is 0. The maximum Gasteiger partial charge on any atom is 0.389 e. The highest BCUT2D eigenvalue weighted by atomic mass is 19.4. The van der Waals surface area contributed by atoms with Crippen LogP contribution in [0.15, 0.2) is 18.2 Å². The minimum Gasteiger partial charge on any atom is -0.493 e. The number of anilines is 1. The number of ether oxygens (including phenoxy) is 2. The quantitative estimate of drug-likeness (QED) is 0.632. The summed E-state index contributed by atoms with van der Waals surface area (Å²) in [6.45, 7) is 2.28. The van der Waals surface area contributed by atoms with Gasteiger partial charge in [0.05, 0.1) is 18.9 Å². The molecule has 18 heavy (non-hydrogen) atoms. The van der Waals surface area contributed by atoms with Crippen LogP contribution in [0.3, 0.4) is 0 Å². The molecular weight excluding hydrogens is 247 g/mol. The molecule has 0 heterocycles. The van der Waals surface area contributed by atoms with E-state index in [4.69, 9.17) is 15.2 Å². The summed E-state index contributed by atoms with van der Waals surface area (Å²) in [7, 11) is 0. The average Bonchev–Trinajstić information content (AvgIpc) is 2.28. The minimum absolute atomic E-state index is 0.00892. The van der Waals surface area contributed by atoms with Crippen LogP contribution in [-0.2, 0) is 0 Å². The third kappa shape index (κ3) is 5.16. The highest BCUT2D eigenvalue weighted by Gasteiger charge is 2.26. The van der Waals surface area contributed by atoms with Crippen molar-refractivity contribution >= 4 is 5.69 Å². The molecule has 1 aromatic rings. The van der Waals surface area contributed by atoms with Crippen LogP contribution in [0.2, 0.25) is 0 Å². The van der Waals surface area contributed by atoms with Gasteiger partial charge in [-0.25, -0.2) is 0 Å². The topological polar surface area (TPSA) is 44.5 Å². The summed E-state index contributed by atoms with van der Waals surface area (Å²) < 4.78 is 46.2. The molecule has 0 radical (unpaired) electrons. The van der Waals surface area contributed by atoms with Crippen LogP contribution in [0.25, 0.3) is 0 Å². The molecule has 0 spiro atoms. The predicted octanol–water partition coefficient (Wildman–Crippen LogP) is 3.39. The van der Waals surface area contributed by atoms with E-state index in [1.807, 2.05) is 6.92 Å². The smallest absolute Gasteiger partial charge is 0.389 e. The second-order valence-corrected chi connectivity index (χ2v) is 3.70.